The van der Waals surface area contributed by atoms with Crippen molar-refractivity contribution in [2.24, 2.45) is 0 Å². The molecule has 0 heterocycles. The number of benzene rings is 1. The van der Waals surface area contributed by atoms with Crippen LogP contribution in [0.15, 0.2) is 24.3 Å². The van der Waals surface area contributed by atoms with Crippen LogP contribution in [0.2, 0.25) is 19.1 Å². The summed E-state index contributed by atoms with van der Waals surface area (Å²) in [4.78, 5) is 2.52. The summed E-state index contributed by atoms with van der Waals surface area (Å²) < 4.78 is 0. The van der Waals surface area contributed by atoms with E-state index in [1.165, 1.54) is 44.5 Å². The van der Waals surface area contributed by atoms with Crippen molar-refractivity contribution in [2.45, 2.75) is 58.7 Å². The quantitative estimate of drug-likeness (QED) is 0.471. The molecular formula is C19H30NSi. The summed E-state index contributed by atoms with van der Waals surface area (Å²) in [5.74, 6) is 6.59. The van der Waals surface area contributed by atoms with E-state index < -0.39 is 0 Å². The van der Waals surface area contributed by atoms with Gasteiger partial charge in [-0.2, -0.15) is 0 Å². The maximum Gasteiger partial charge on any atom is 0.0556 e. The first kappa shape index (κ1) is 17.8. The molecule has 1 nitrogen and oxygen atoms in total. The first-order valence-corrected chi connectivity index (χ1v) is 11.0. The van der Waals surface area contributed by atoms with Gasteiger partial charge < -0.3 is 4.90 Å². The number of unbranched alkanes of at least 4 members (excludes halogenated alkanes) is 2. The van der Waals surface area contributed by atoms with Gasteiger partial charge >= 0.3 is 0 Å². The third-order valence-corrected chi connectivity index (χ3v) is 4.35. The van der Waals surface area contributed by atoms with Gasteiger partial charge in [0.05, 0.1) is 8.80 Å². The van der Waals surface area contributed by atoms with Crippen molar-refractivity contribution in [1.29, 1.82) is 0 Å². The Balaban J connectivity index is 2.68. The van der Waals surface area contributed by atoms with Gasteiger partial charge in [0.1, 0.15) is 0 Å². The molecule has 0 saturated heterocycles. The predicted octanol–water partition coefficient (Wildman–Crippen LogP) is 5.20. The van der Waals surface area contributed by atoms with Gasteiger partial charge in [-0.05, 0) is 37.1 Å². The first-order valence-electron chi connectivity index (χ1n) is 8.30. The molecule has 1 radical (unpaired) electrons. The van der Waals surface area contributed by atoms with Gasteiger partial charge in [-0.1, -0.05) is 45.7 Å². The summed E-state index contributed by atoms with van der Waals surface area (Å²) in [7, 11) is -0.228. The molecule has 0 saturated carbocycles. The summed E-state index contributed by atoms with van der Waals surface area (Å²) in [6.45, 7) is 11.5. The highest BCUT2D eigenvalue weighted by molar-refractivity contribution is 6.56. The van der Waals surface area contributed by atoms with Gasteiger partial charge in [-0.3, -0.25) is 0 Å². The minimum absolute atomic E-state index is 0.228. The molecule has 1 aromatic carbocycles. The molecule has 0 fully saturated rings. The summed E-state index contributed by atoms with van der Waals surface area (Å²) in [5, 5.41) is 0. The molecule has 0 atom stereocenters. The number of nitrogens with zero attached hydrogens (tertiary/aromatic N) is 1. The molecule has 0 aliphatic carbocycles. The van der Waals surface area contributed by atoms with Crippen molar-refractivity contribution in [2.75, 3.05) is 18.0 Å². The molecule has 0 amide bonds. The van der Waals surface area contributed by atoms with Crippen LogP contribution in [0, 0.1) is 11.8 Å². The van der Waals surface area contributed by atoms with E-state index in [2.05, 4.69) is 67.9 Å². The lowest BCUT2D eigenvalue weighted by Crippen LogP contribution is -2.25. The zero-order valence-corrected chi connectivity index (χ0v) is 15.2. The van der Waals surface area contributed by atoms with Crippen LogP contribution in [-0.4, -0.2) is 21.9 Å². The molecule has 0 aromatic heterocycles. The molecule has 1 aromatic rings. The van der Waals surface area contributed by atoms with E-state index in [-0.39, 0.29) is 8.80 Å². The molecule has 0 spiro atoms. The van der Waals surface area contributed by atoms with Crippen molar-refractivity contribution in [1.82, 2.24) is 0 Å². The van der Waals surface area contributed by atoms with E-state index >= 15 is 0 Å². The Bertz CT molecular complexity index is 431. The van der Waals surface area contributed by atoms with Gasteiger partial charge in [0.25, 0.3) is 0 Å². The second kappa shape index (κ2) is 10.5. The third-order valence-electron chi connectivity index (χ3n) is 3.47. The third kappa shape index (κ3) is 7.39. The molecular weight excluding hydrogens is 270 g/mol. The number of hydrogen-bond donors (Lipinski definition) is 0. The van der Waals surface area contributed by atoms with Crippen LogP contribution in [0.4, 0.5) is 5.69 Å². The van der Waals surface area contributed by atoms with Crippen LogP contribution in [0.5, 0.6) is 0 Å². The molecule has 0 bridgehead atoms. The van der Waals surface area contributed by atoms with Crippen LogP contribution >= 0.6 is 0 Å². The number of rotatable bonds is 8. The SMILES string of the molecule is CCCCN(CCCC)c1ccc(C#CC[Si](C)C)cc1. The molecule has 0 N–H and O–H groups in total. The summed E-state index contributed by atoms with van der Waals surface area (Å²) in [6.07, 6.45) is 5.04. The number of anilines is 1. The largest absolute Gasteiger partial charge is 0.372 e. The van der Waals surface area contributed by atoms with Crippen LogP contribution in [0.1, 0.15) is 45.1 Å². The second-order valence-corrected chi connectivity index (χ2v) is 8.69. The second-order valence-electron chi connectivity index (χ2n) is 5.93. The Hall–Kier alpha value is -1.20. The lowest BCUT2D eigenvalue weighted by Gasteiger charge is -2.24. The smallest absolute Gasteiger partial charge is 0.0556 e. The van der Waals surface area contributed by atoms with Crippen molar-refractivity contribution < 1.29 is 0 Å². The van der Waals surface area contributed by atoms with Gasteiger partial charge in [0.15, 0.2) is 0 Å². The Kier molecular flexibility index (Phi) is 8.93. The van der Waals surface area contributed by atoms with Crippen LogP contribution in [0.25, 0.3) is 0 Å². The molecule has 0 aliphatic heterocycles. The van der Waals surface area contributed by atoms with Crippen molar-refractivity contribution in [3.05, 3.63) is 29.8 Å². The fraction of sp³-hybridized carbons (Fsp3) is 0.579. The monoisotopic (exact) mass is 300 g/mol. The van der Waals surface area contributed by atoms with Gasteiger partial charge in [-0.15, -0.1) is 5.92 Å². The van der Waals surface area contributed by atoms with Crippen LogP contribution in [0.3, 0.4) is 0 Å². The molecule has 0 unspecified atom stereocenters. The number of hydrogen-bond acceptors (Lipinski definition) is 1. The van der Waals surface area contributed by atoms with Crippen molar-refractivity contribution in [3.8, 4) is 11.8 Å². The Morgan fingerprint density at radius 1 is 0.952 bits per heavy atom. The average molecular weight is 301 g/mol. The zero-order valence-electron chi connectivity index (χ0n) is 14.2. The fourth-order valence-corrected chi connectivity index (χ4v) is 2.59. The van der Waals surface area contributed by atoms with Gasteiger partial charge in [0.2, 0.25) is 0 Å². The predicted molar refractivity (Wildman–Crippen MR) is 97.6 cm³/mol. The Labute approximate surface area is 133 Å². The fourth-order valence-electron chi connectivity index (χ4n) is 2.15. The molecule has 115 valence electrons. The lowest BCUT2D eigenvalue weighted by molar-refractivity contribution is 0.678. The van der Waals surface area contributed by atoms with E-state index in [4.69, 9.17) is 0 Å². The summed E-state index contributed by atoms with van der Waals surface area (Å²) in [6, 6.07) is 9.89. The molecule has 0 aliphatic rings. The zero-order chi connectivity index (χ0) is 15.5. The van der Waals surface area contributed by atoms with Crippen LogP contribution in [-0.2, 0) is 0 Å². The minimum atomic E-state index is -0.228. The normalized spacial score (nSPS) is 10.3. The Morgan fingerprint density at radius 2 is 1.52 bits per heavy atom. The van der Waals surface area contributed by atoms with E-state index in [0.717, 1.165) is 11.6 Å². The van der Waals surface area contributed by atoms with Crippen molar-refractivity contribution in [3.63, 3.8) is 0 Å². The van der Waals surface area contributed by atoms with E-state index in [1.54, 1.807) is 0 Å². The minimum Gasteiger partial charge on any atom is -0.372 e. The molecule has 2 heteroatoms. The summed E-state index contributed by atoms with van der Waals surface area (Å²) in [5.41, 5.74) is 2.49. The molecule has 1 rings (SSSR count). The van der Waals surface area contributed by atoms with Crippen molar-refractivity contribution >= 4 is 14.5 Å². The lowest BCUT2D eigenvalue weighted by atomic mass is 10.1. The standard InChI is InChI=1S/C19H30NSi/c1-5-7-15-20(16-8-6-2)19-13-11-18(12-14-19)10-9-17-21(3)4/h11-14H,5-8,15-17H2,1-4H3. The van der Waals surface area contributed by atoms with E-state index in [0.29, 0.717) is 0 Å². The average Bonchev–Trinajstić information content (AvgIpc) is 2.48. The topological polar surface area (TPSA) is 3.24 Å². The highest BCUT2D eigenvalue weighted by Gasteiger charge is 2.05. The van der Waals surface area contributed by atoms with Crippen LogP contribution < -0.4 is 4.90 Å². The molecule has 21 heavy (non-hydrogen) atoms. The maximum absolute atomic E-state index is 3.30. The van der Waals surface area contributed by atoms with E-state index in [9.17, 15) is 0 Å². The van der Waals surface area contributed by atoms with Gasteiger partial charge in [-0.25, -0.2) is 0 Å². The van der Waals surface area contributed by atoms with E-state index in [1.807, 2.05) is 0 Å². The maximum atomic E-state index is 3.30. The first-order chi connectivity index (χ1) is 10.2. The van der Waals surface area contributed by atoms with Gasteiger partial charge in [0, 0.05) is 30.4 Å². The Morgan fingerprint density at radius 3 is 2.00 bits per heavy atom. The highest BCUT2D eigenvalue weighted by Crippen LogP contribution is 2.16. The highest BCUT2D eigenvalue weighted by atomic mass is 28.3. The summed E-state index contributed by atoms with van der Waals surface area (Å²) >= 11 is 0.